The van der Waals surface area contributed by atoms with Crippen molar-refractivity contribution in [1.29, 1.82) is 5.26 Å². The summed E-state index contributed by atoms with van der Waals surface area (Å²) in [6.45, 7) is 0.371. The van der Waals surface area contributed by atoms with Crippen molar-refractivity contribution in [3.05, 3.63) is 46.1 Å². The van der Waals surface area contributed by atoms with E-state index in [2.05, 4.69) is 16.4 Å². The molecule has 0 saturated carbocycles. The van der Waals surface area contributed by atoms with Crippen LogP contribution in [0.5, 0.6) is 0 Å². The second-order valence-corrected chi connectivity index (χ2v) is 7.35. The molecule has 6 nitrogen and oxygen atoms in total. The summed E-state index contributed by atoms with van der Waals surface area (Å²) in [5.74, 6) is -0.411. The van der Waals surface area contributed by atoms with Crippen LogP contribution in [0.2, 0.25) is 0 Å². The number of thiophene rings is 1. The molecule has 0 unspecified atom stereocenters. The average Bonchev–Trinajstić information content (AvgIpc) is 3.03. The first-order valence-electron chi connectivity index (χ1n) is 8.60. The van der Waals surface area contributed by atoms with Gasteiger partial charge in [-0.25, -0.2) is 0 Å². The number of pyridine rings is 1. The number of amides is 2. The van der Waals surface area contributed by atoms with Crippen LogP contribution >= 0.6 is 11.3 Å². The minimum atomic E-state index is -0.273. The molecule has 2 amide bonds. The predicted octanol–water partition coefficient (Wildman–Crippen LogP) is 3.26. The van der Waals surface area contributed by atoms with E-state index in [1.165, 1.54) is 22.4 Å². The number of rotatable bonds is 5. The maximum absolute atomic E-state index is 13.0. The van der Waals surface area contributed by atoms with E-state index in [9.17, 15) is 9.59 Å². The lowest BCUT2D eigenvalue weighted by atomic mass is 9.95. The number of fused-ring (bicyclic) bond motifs is 1. The van der Waals surface area contributed by atoms with Gasteiger partial charge in [0.1, 0.15) is 5.00 Å². The molecule has 1 N–H and O–H groups in total. The Hall–Kier alpha value is -2.72. The van der Waals surface area contributed by atoms with Gasteiger partial charge in [-0.3, -0.25) is 14.6 Å². The number of nitriles is 1. The van der Waals surface area contributed by atoms with Gasteiger partial charge in [0.25, 0.3) is 11.8 Å². The molecule has 0 fully saturated rings. The molecule has 26 heavy (non-hydrogen) atoms. The SMILES string of the molecule is CN(CCC#N)C(=O)c1c(NC(=O)c2cccnc2)sc2c1CCCC2. The Balaban J connectivity index is 1.92. The lowest BCUT2D eigenvalue weighted by Crippen LogP contribution is -2.29. The Morgan fingerprint density at radius 2 is 2.19 bits per heavy atom. The van der Waals surface area contributed by atoms with E-state index in [1.807, 2.05) is 0 Å². The number of aryl methyl sites for hydroxylation is 1. The number of nitrogens with one attached hydrogen (secondary N) is 1. The molecule has 0 bridgehead atoms. The molecule has 2 aromatic heterocycles. The van der Waals surface area contributed by atoms with Crippen molar-refractivity contribution in [2.24, 2.45) is 0 Å². The third-order valence-electron chi connectivity index (χ3n) is 4.44. The van der Waals surface area contributed by atoms with Gasteiger partial charge in [-0.1, -0.05) is 0 Å². The van der Waals surface area contributed by atoms with E-state index >= 15 is 0 Å². The topological polar surface area (TPSA) is 86.1 Å². The van der Waals surface area contributed by atoms with Crippen molar-refractivity contribution in [2.75, 3.05) is 18.9 Å². The van der Waals surface area contributed by atoms with Crippen LogP contribution in [0.4, 0.5) is 5.00 Å². The van der Waals surface area contributed by atoms with Crippen LogP contribution in [0.3, 0.4) is 0 Å². The molecule has 7 heteroatoms. The van der Waals surface area contributed by atoms with Gasteiger partial charge in [-0.2, -0.15) is 5.26 Å². The van der Waals surface area contributed by atoms with Gasteiger partial charge in [0.2, 0.25) is 0 Å². The van der Waals surface area contributed by atoms with Gasteiger partial charge in [0.15, 0.2) is 0 Å². The molecular formula is C19H20N4O2S. The molecule has 0 aromatic carbocycles. The first-order valence-corrected chi connectivity index (χ1v) is 9.41. The van der Waals surface area contributed by atoms with E-state index in [4.69, 9.17) is 5.26 Å². The molecule has 2 aromatic rings. The number of hydrogen-bond donors (Lipinski definition) is 1. The van der Waals surface area contributed by atoms with E-state index < -0.39 is 0 Å². The Bertz CT molecular complexity index is 854. The van der Waals surface area contributed by atoms with Crippen LogP contribution in [-0.4, -0.2) is 35.3 Å². The number of aromatic nitrogens is 1. The summed E-state index contributed by atoms with van der Waals surface area (Å²) in [6, 6.07) is 5.46. The average molecular weight is 368 g/mol. The van der Waals surface area contributed by atoms with Crippen LogP contribution in [0, 0.1) is 11.3 Å². The highest BCUT2D eigenvalue weighted by atomic mass is 32.1. The monoisotopic (exact) mass is 368 g/mol. The number of nitrogens with zero attached hydrogens (tertiary/aromatic N) is 3. The number of hydrogen-bond acceptors (Lipinski definition) is 5. The van der Waals surface area contributed by atoms with Crippen molar-refractivity contribution in [3.8, 4) is 6.07 Å². The molecule has 0 aliphatic heterocycles. The van der Waals surface area contributed by atoms with E-state index in [0.717, 1.165) is 31.2 Å². The summed E-state index contributed by atoms with van der Waals surface area (Å²) in [5.41, 5.74) is 2.09. The molecule has 2 heterocycles. The summed E-state index contributed by atoms with van der Waals surface area (Å²) in [4.78, 5) is 32.2. The third-order valence-corrected chi connectivity index (χ3v) is 5.65. The highest BCUT2D eigenvalue weighted by Gasteiger charge is 2.28. The van der Waals surface area contributed by atoms with Crippen LogP contribution in [0.1, 0.15) is 50.4 Å². The van der Waals surface area contributed by atoms with Gasteiger partial charge in [-0.15, -0.1) is 11.3 Å². The summed E-state index contributed by atoms with van der Waals surface area (Å²) >= 11 is 1.49. The number of carbonyl (C=O) groups excluding carboxylic acids is 2. The number of anilines is 1. The largest absolute Gasteiger partial charge is 0.341 e. The maximum atomic E-state index is 13.0. The second-order valence-electron chi connectivity index (χ2n) is 6.25. The van der Waals surface area contributed by atoms with Crippen molar-refractivity contribution in [3.63, 3.8) is 0 Å². The van der Waals surface area contributed by atoms with E-state index in [-0.39, 0.29) is 18.2 Å². The molecule has 0 radical (unpaired) electrons. The highest BCUT2D eigenvalue weighted by molar-refractivity contribution is 7.17. The van der Waals surface area contributed by atoms with Gasteiger partial charge < -0.3 is 10.2 Å². The van der Waals surface area contributed by atoms with Gasteiger partial charge in [-0.05, 0) is 43.4 Å². The minimum absolute atomic E-state index is 0.138. The maximum Gasteiger partial charge on any atom is 0.257 e. The van der Waals surface area contributed by atoms with Crippen LogP contribution in [0.15, 0.2) is 24.5 Å². The molecule has 0 spiro atoms. The minimum Gasteiger partial charge on any atom is -0.341 e. The van der Waals surface area contributed by atoms with Crippen LogP contribution < -0.4 is 5.32 Å². The summed E-state index contributed by atoms with van der Waals surface area (Å²) in [5, 5.41) is 12.3. The zero-order valence-electron chi connectivity index (χ0n) is 14.6. The molecule has 1 aliphatic carbocycles. The fourth-order valence-corrected chi connectivity index (χ4v) is 4.34. The highest BCUT2D eigenvalue weighted by Crippen LogP contribution is 2.39. The quantitative estimate of drug-likeness (QED) is 0.878. The van der Waals surface area contributed by atoms with Gasteiger partial charge in [0, 0.05) is 30.9 Å². The van der Waals surface area contributed by atoms with E-state index in [0.29, 0.717) is 22.7 Å². The van der Waals surface area contributed by atoms with Crippen LogP contribution in [-0.2, 0) is 12.8 Å². The summed E-state index contributed by atoms with van der Waals surface area (Å²) in [6.07, 6.45) is 7.32. The standard InChI is InChI=1S/C19H20N4O2S/c1-23(11-5-9-20)19(25)16-14-7-2-3-8-15(14)26-18(16)22-17(24)13-6-4-10-21-12-13/h4,6,10,12H,2-3,5,7-8,11H2,1H3,(H,22,24). The molecule has 3 rings (SSSR count). The zero-order chi connectivity index (χ0) is 18.5. The molecule has 0 saturated heterocycles. The third kappa shape index (κ3) is 3.75. The van der Waals surface area contributed by atoms with Gasteiger partial charge >= 0.3 is 0 Å². The van der Waals surface area contributed by atoms with Gasteiger partial charge in [0.05, 0.1) is 23.6 Å². The van der Waals surface area contributed by atoms with Crippen LogP contribution in [0.25, 0.3) is 0 Å². The molecule has 0 atom stereocenters. The predicted molar refractivity (Wildman–Crippen MR) is 100 cm³/mol. The number of carbonyl (C=O) groups is 2. The van der Waals surface area contributed by atoms with Crippen molar-refractivity contribution >= 4 is 28.2 Å². The molecule has 134 valence electrons. The molecule has 1 aliphatic rings. The summed E-state index contributed by atoms with van der Waals surface area (Å²) < 4.78 is 0. The second kappa shape index (κ2) is 8.11. The van der Waals surface area contributed by atoms with Crippen molar-refractivity contribution < 1.29 is 9.59 Å². The Morgan fingerprint density at radius 1 is 1.38 bits per heavy atom. The van der Waals surface area contributed by atoms with Crippen molar-refractivity contribution in [2.45, 2.75) is 32.1 Å². The lowest BCUT2D eigenvalue weighted by molar-refractivity contribution is 0.0798. The zero-order valence-corrected chi connectivity index (χ0v) is 15.4. The fraction of sp³-hybridized carbons (Fsp3) is 0.368. The Kier molecular flexibility index (Phi) is 5.64. The first-order chi connectivity index (χ1) is 12.6. The Labute approximate surface area is 156 Å². The molecular weight excluding hydrogens is 348 g/mol. The summed E-state index contributed by atoms with van der Waals surface area (Å²) in [7, 11) is 1.69. The Morgan fingerprint density at radius 3 is 2.92 bits per heavy atom. The smallest absolute Gasteiger partial charge is 0.257 e. The first kappa shape index (κ1) is 18.1. The van der Waals surface area contributed by atoms with E-state index in [1.54, 1.807) is 30.3 Å². The normalized spacial score (nSPS) is 12.8. The fourth-order valence-electron chi connectivity index (χ4n) is 3.06. The van der Waals surface area contributed by atoms with Crippen molar-refractivity contribution in [1.82, 2.24) is 9.88 Å². The lowest BCUT2D eigenvalue weighted by Gasteiger charge is -2.19.